The molecule has 1 atom stereocenters. The average Bonchev–Trinajstić information content (AvgIpc) is 2.48. The Balaban J connectivity index is 2.24. The molecule has 2 N–H and O–H groups in total. The van der Waals surface area contributed by atoms with E-state index >= 15 is 0 Å². The van der Waals surface area contributed by atoms with Gasteiger partial charge in [-0.15, -0.1) is 0 Å². The molecule has 2 rings (SSSR count). The number of carboxylic acids is 1. The van der Waals surface area contributed by atoms with Gasteiger partial charge in [-0.2, -0.15) is 0 Å². The first kappa shape index (κ1) is 15.0. The Kier molecular flexibility index (Phi) is 4.52. The summed E-state index contributed by atoms with van der Waals surface area (Å²) in [5.74, 6) is -2.35. The first-order valence-corrected chi connectivity index (χ1v) is 6.72. The van der Waals surface area contributed by atoms with Gasteiger partial charge in [-0.3, -0.25) is 9.59 Å². The molecule has 2 aromatic carbocycles. The highest BCUT2D eigenvalue weighted by Gasteiger charge is 2.18. The number of nitrogens with one attached hydrogen (secondary N) is 1. The molecule has 0 aromatic heterocycles. The van der Waals surface area contributed by atoms with Crippen molar-refractivity contribution < 1.29 is 19.1 Å². The van der Waals surface area contributed by atoms with Crippen molar-refractivity contribution in [1.29, 1.82) is 0 Å². The van der Waals surface area contributed by atoms with Crippen molar-refractivity contribution in [1.82, 2.24) is 5.32 Å². The molecule has 5 heteroatoms. The second-order valence-electron chi connectivity index (χ2n) is 4.79. The van der Waals surface area contributed by atoms with Crippen molar-refractivity contribution in [3.63, 3.8) is 0 Å². The maximum Gasteiger partial charge on any atom is 0.308 e. The molecule has 4 nitrogen and oxygen atoms in total. The fourth-order valence-electron chi connectivity index (χ4n) is 2.18. The molecule has 0 saturated carbocycles. The third-order valence-corrected chi connectivity index (χ3v) is 3.47. The van der Waals surface area contributed by atoms with Crippen LogP contribution in [0.3, 0.4) is 0 Å². The monoisotopic (exact) mass is 289 g/mol. The van der Waals surface area contributed by atoms with E-state index in [1.807, 2.05) is 0 Å². The molecular weight excluding hydrogens is 273 g/mol. The quantitative estimate of drug-likeness (QED) is 0.889. The molecule has 0 bridgehead atoms. The van der Waals surface area contributed by atoms with E-state index in [2.05, 4.69) is 5.32 Å². The summed E-state index contributed by atoms with van der Waals surface area (Å²) >= 11 is 0. The van der Waals surface area contributed by atoms with E-state index in [4.69, 9.17) is 5.11 Å². The zero-order valence-corrected chi connectivity index (χ0v) is 11.6. The van der Waals surface area contributed by atoms with Crippen LogP contribution in [0.15, 0.2) is 36.4 Å². The molecule has 0 aliphatic carbocycles. The molecular formula is C16H16FNO3. The number of rotatable bonds is 5. The predicted molar refractivity (Wildman–Crippen MR) is 77.7 cm³/mol. The van der Waals surface area contributed by atoms with Crippen molar-refractivity contribution in [2.24, 2.45) is 5.92 Å². The van der Waals surface area contributed by atoms with Gasteiger partial charge in [0.1, 0.15) is 5.82 Å². The van der Waals surface area contributed by atoms with E-state index in [1.165, 1.54) is 12.1 Å². The van der Waals surface area contributed by atoms with Crippen LogP contribution < -0.4 is 5.32 Å². The lowest BCUT2D eigenvalue weighted by molar-refractivity contribution is -0.141. The van der Waals surface area contributed by atoms with Crippen LogP contribution in [0.2, 0.25) is 0 Å². The summed E-state index contributed by atoms with van der Waals surface area (Å²) in [6.07, 6.45) is 0.430. The number of hydrogen-bond acceptors (Lipinski definition) is 2. The van der Waals surface area contributed by atoms with E-state index in [0.29, 0.717) is 22.8 Å². The zero-order valence-electron chi connectivity index (χ0n) is 11.6. The third kappa shape index (κ3) is 3.18. The summed E-state index contributed by atoms with van der Waals surface area (Å²) in [6.45, 7) is 1.80. The number of fused-ring (bicyclic) bond motifs is 1. The van der Waals surface area contributed by atoms with E-state index < -0.39 is 17.8 Å². The minimum absolute atomic E-state index is 0.0520. The summed E-state index contributed by atoms with van der Waals surface area (Å²) in [7, 11) is 0. The number of aliphatic carboxylic acids is 1. The highest BCUT2D eigenvalue weighted by atomic mass is 19.1. The van der Waals surface area contributed by atoms with Gasteiger partial charge in [-0.1, -0.05) is 31.2 Å². The van der Waals surface area contributed by atoms with E-state index in [0.717, 1.165) is 0 Å². The first-order valence-electron chi connectivity index (χ1n) is 6.72. The largest absolute Gasteiger partial charge is 0.481 e. The van der Waals surface area contributed by atoms with Crippen LogP contribution >= 0.6 is 0 Å². The molecule has 110 valence electrons. The molecule has 1 unspecified atom stereocenters. The van der Waals surface area contributed by atoms with Crippen molar-refractivity contribution in [3.8, 4) is 0 Å². The van der Waals surface area contributed by atoms with Crippen LogP contribution in [-0.2, 0) is 4.79 Å². The Labute approximate surface area is 121 Å². The van der Waals surface area contributed by atoms with Gasteiger partial charge in [0.15, 0.2) is 0 Å². The third-order valence-electron chi connectivity index (χ3n) is 3.47. The minimum Gasteiger partial charge on any atom is -0.481 e. The fourth-order valence-corrected chi connectivity index (χ4v) is 2.18. The summed E-state index contributed by atoms with van der Waals surface area (Å²) in [5, 5.41) is 12.4. The van der Waals surface area contributed by atoms with Gasteiger partial charge in [0.25, 0.3) is 5.91 Å². The van der Waals surface area contributed by atoms with Gasteiger partial charge in [-0.25, -0.2) is 4.39 Å². The smallest absolute Gasteiger partial charge is 0.308 e. The maximum atomic E-state index is 13.7. The van der Waals surface area contributed by atoms with Gasteiger partial charge in [0, 0.05) is 17.5 Å². The van der Waals surface area contributed by atoms with Crippen molar-refractivity contribution in [3.05, 3.63) is 47.8 Å². The van der Waals surface area contributed by atoms with Crippen LogP contribution in [-0.4, -0.2) is 23.5 Å². The summed E-state index contributed by atoms with van der Waals surface area (Å²) < 4.78 is 13.7. The van der Waals surface area contributed by atoms with E-state index in [1.54, 1.807) is 31.2 Å². The Morgan fingerprint density at radius 3 is 2.48 bits per heavy atom. The lowest BCUT2D eigenvalue weighted by Crippen LogP contribution is -2.32. The molecule has 0 heterocycles. The molecule has 0 saturated heterocycles. The molecule has 1 amide bonds. The van der Waals surface area contributed by atoms with Crippen LogP contribution in [0, 0.1) is 11.7 Å². The van der Waals surface area contributed by atoms with E-state index in [9.17, 15) is 14.0 Å². The number of halogens is 1. The predicted octanol–water partition coefficient (Wildman–Crippen LogP) is 2.82. The number of hydrogen-bond donors (Lipinski definition) is 2. The average molecular weight is 289 g/mol. The Hall–Kier alpha value is -2.43. The first-order chi connectivity index (χ1) is 10.0. The minimum atomic E-state index is -0.943. The molecule has 0 aliphatic heterocycles. The standard InChI is InChI=1S/C16H16FNO3/c1-2-10(16(20)21)9-18-15(19)13-7-8-14(17)12-6-4-3-5-11(12)13/h3-8,10H,2,9H2,1H3,(H,18,19)(H,20,21). The Morgan fingerprint density at radius 1 is 1.19 bits per heavy atom. The van der Waals surface area contributed by atoms with Gasteiger partial charge in [0.2, 0.25) is 0 Å². The van der Waals surface area contributed by atoms with Crippen molar-refractivity contribution in [2.75, 3.05) is 6.54 Å². The Morgan fingerprint density at radius 2 is 1.86 bits per heavy atom. The Bertz CT molecular complexity index is 684. The summed E-state index contributed by atoms with van der Waals surface area (Å²) in [6, 6.07) is 9.35. The molecule has 0 fully saturated rings. The topological polar surface area (TPSA) is 66.4 Å². The maximum absolute atomic E-state index is 13.7. The van der Waals surface area contributed by atoms with Crippen LogP contribution in [0.4, 0.5) is 4.39 Å². The number of carbonyl (C=O) groups excluding carboxylic acids is 1. The lowest BCUT2D eigenvalue weighted by Gasteiger charge is -2.12. The highest BCUT2D eigenvalue weighted by Crippen LogP contribution is 2.21. The van der Waals surface area contributed by atoms with Crippen LogP contribution in [0.5, 0.6) is 0 Å². The van der Waals surface area contributed by atoms with Gasteiger partial charge >= 0.3 is 5.97 Å². The fraction of sp³-hybridized carbons (Fsp3) is 0.250. The lowest BCUT2D eigenvalue weighted by atomic mass is 10.0. The van der Waals surface area contributed by atoms with E-state index in [-0.39, 0.29) is 12.4 Å². The number of carbonyl (C=O) groups is 2. The normalized spacial score (nSPS) is 12.1. The highest BCUT2D eigenvalue weighted by molar-refractivity contribution is 6.07. The van der Waals surface area contributed by atoms with Gasteiger partial charge in [-0.05, 0) is 23.9 Å². The molecule has 0 radical (unpaired) electrons. The number of amides is 1. The molecule has 0 spiro atoms. The second-order valence-corrected chi connectivity index (χ2v) is 4.79. The van der Waals surface area contributed by atoms with Gasteiger partial charge < -0.3 is 10.4 Å². The van der Waals surface area contributed by atoms with Gasteiger partial charge in [0.05, 0.1) is 5.92 Å². The number of carboxylic acid groups (broad SMARTS) is 1. The SMILES string of the molecule is CCC(CNC(=O)c1ccc(F)c2ccccc12)C(=O)O. The second kappa shape index (κ2) is 6.35. The van der Waals surface area contributed by atoms with Crippen LogP contribution in [0.25, 0.3) is 10.8 Å². The number of benzene rings is 2. The van der Waals surface area contributed by atoms with Crippen molar-refractivity contribution in [2.45, 2.75) is 13.3 Å². The van der Waals surface area contributed by atoms with Crippen LogP contribution in [0.1, 0.15) is 23.7 Å². The molecule has 2 aromatic rings. The zero-order chi connectivity index (χ0) is 15.4. The van der Waals surface area contributed by atoms with Crippen molar-refractivity contribution >= 4 is 22.6 Å². The summed E-state index contributed by atoms with van der Waals surface area (Å²) in [4.78, 5) is 23.1. The summed E-state index contributed by atoms with van der Waals surface area (Å²) in [5.41, 5.74) is 0.340. The molecule has 0 aliphatic rings. The molecule has 21 heavy (non-hydrogen) atoms.